The van der Waals surface area contributed by atoms with Gasteiger partial charge in [0.2, 0.25) is 5.91 Å². The Morgan fingerprint density at radius 1 is 0.964 bits per heavy atom. The van der Waals surface area contributed by atoms with E-state index >= 15 is 0 Å². The van der Waals surface area contributed by atoms with Gasteiger partial charge in [0.05, 0.1) is 0 Å². The number of rotatable bonds is 6. The second kappa shape index (κ2) is 9.90. The number of hydrogen-bond donors (Lipinski definition) is 3. The summed E-state index contributed by atoms with van der Waals surface area (Å²) in [7, 11) is 0. The molecule has 2 aromatic carbocycles. The molecule has 6 nitrogen and oxygen atoms in total. The first-order valence-corrected chi connectivity index (χ1v) is 9.80. The van der Waals surface area contributed by atoms with Crippen LogP contribution < -0.4 is 16.0 Å². The fourth-order valence-electron chi connectivity index (χ4n) is 3.60. The lowest BCUT2D eigenvalue weighted by atomic mass is 9.89. The molecule has 3 amide bonds. The Bertz CT molecular complexity index is 786. The summed E-state index contributed by atoms with van der Waals surface area (Å²) in [5.41, 5.74) is 2.74. The topological polar surface area (TPSA) is 73.5 Å². The predicted molar refractivity (Wildman–Crippen MR) is 113 cm³/mol. The average Bonchev–Trinajstić information content (AvgIpc) is 2.69. The summed E-state index contributed by atoms with van der Waals surface area (Å²) in [6.45, 7) is 5.02. The summed E-state index contributed by atoms with van der Waals surface area (Å²) in [5, 5.41) is 8.41. The van der Waals surface area contributed by atoms with Crippen molar-refractivity contribution < 1.29 is 9.59 Å². The Kier molecular flexibility index (Phi) is 7.03. The van der Waals surface area contributed by atoms with Gasteiger partial charge >= 0.3 is 6.03 Å². The summed E-state index contributed by atoms with van der Waals surface area (Å²) in [6.07, 6.45) is 2.32. The van der Waals surface area contributed by atoms with Crippen LogP contribution >= 0.6 is 0 Å². The van der Waals surface area contributed by atoms with Crippen LogP contribution in [-0.2, 0) is 4.79 Å². The molecule has 3 rings (SSSR count). The van der Waals surface area contributed by atoms with Gasteiger partial charge in [-0.15, -0.1) is 0 Å². The Labute approximate surface area is 166 Å². The van der Waals surface area contributed by atoms with E-state index in [1.54, 1.807) is 24.3 Å². The highest BCUT2D eigenvalue weighted by Crippen LogP contribution is 2.27. The molecule has 3 N–H and O–H groups in total. The number of hydrogen-bond acceptors (Lipinski definition) is 3. The maximum absolute atomic E-state index is 12.1. The average molecular weight is 380 g/mol. The molecule has 1 fully saturated rings. The van der Waals surface area contributed by atoms with E-state index in [1.165, 1.54) is 12.5 Å². The second-order valence-corrected chi connectivity index (χ2v) is 7.17. The first-order chi connectivity index (χ1) is 13.6. The molecule has 1 heterocycles. The molecule has 148 valence electrons. The lowest BCUT2D eigenvalue weighted by molar-refractivity contribution is -0.114. The van der Waals surface area contributed by atoms with Crippen LogP contribution in [0.25, 0.3) is 0 Å². The minimum absolute atomic E-state index is 0.141. The molecular weight excluding hydrogens is 352 g/mol. The van der Waals surface area contributed by atoms with Crippen molar-refractivity contribution in [1.82, 2.24) is 10.2 Å². The zero-order valence-corrected chi connectivity index (χ0v) is 16.3. The molecule has 0 spiro atoms. The number of amides is 3. The molecule has 0 atom stereocenters. The predicted octanol–water partition coefficient (Wildman–Crippen LogP) is 3.65. The van der Waals surface area contributed by atoms with Crippen LogP contribution in [0.2, 0.25) is 0 Å². The highest BCUT2D eigenvalue weighted by Gasteiger charge is 2.20. The molecule has 6 heteroatoms. The van der Waals surface area contributed by atoms with Crippen LogP contribution in [0.3, 0.4) is 0 Å². The summed E-state index contributed by atoms with van der Waals surface area (Å²) in [4.78, 5) is 25.6. The molecule has 2 aromatic rings. The number of piperidine rings is 1. The first kappa shape index (κ1) is 19.9. The fraction of sp³-hybridized carbons (Fsp3) is 0.364. The number of nitrogens with one attached hydrogen (secondary N) is 3. The van der Waals surface area contributed by atoms with E-state index in [1.807, 2.05) is 0 Å². The number of anilines is 2. The van der Waals surface area contributed by atoms with Crippen molar-refractivity contribution in [3.63, 3.8) is 0 Å². The van der Waals surface area contributed by atoms with E-state index in [9.17, 15) is 9.59 Å². The van der Waals surface area contributed by atoms with E-state index in [4.69, 9.17) is 0 Å². The minimum Gasteiger partial charge on any atom is -0.337 e. The van der Waals surface area contributed by atoms with Gasteiger partial charge in [0, 0.05) is 31.4 Å². The van der Waals surface area contributed by atoms with Crippen molar-refractivity contribution in [1.29, 1.82) is 0 Å². The lowest BCUT2D eigenvalue weighted by Crippen LogP contribution is -2.40. The lowest BCUT2D eigenvalue weighted by Gasteiger charge is -2.32. The minimum atomic E-state index is -0.237. The summed E-state index contributed by atoms with van der Waals surface area (Å²) in [5.74, 6) is 0.502. The molecule has 0 radical (unpaired) electrons. The van der Waals surface area contributed by atoms with Crippen LogP contribution in [0.4, 0.5) is 16.2 Å². The van der Waals surface area contributed by atoms with Gasteiger partial charge in [-0.2, -0.15) is 0 Å². The van der Waals surface area contributed by atoms with Crippen LogP contribution in [0.15, 0.2) is 54.6 Å². The van der Waals surface area contributed by atoms with Crippen LogP contribution in [-0.4, -0.2) is 43.0 Å². The van der Waals surface area contributed by atoms with Crippen molar-refractivity contribution in [3.05, 3.63) is 60.2 Å². The fourth-order valence-corrected chi connectivity index (χ4v) is 3.60. The number of nitrogens with zero attached hydrogens (tertiary/aromatic N) is 1. The standard InChI is InChI=1S/C22H28N4O2/c1-17(27)24-20-8-5-9-21(16-20)25-22(28)23-12-15-26-13-10-19(11-14-26)18-6-3-2-4-7-18/h2-9,16,19H,10-15H2,1H3,(H,24,27)(H2,23,25,28). The van der Waals surface area contributed by atoms with Gasteiger partial charge in [-0.25, -0.2) is 4.79 Å². The van der Waals surface area contributed by atoms with Gasteiger partial charge in [-0.3, -0.25) is 4.79 Å². The summed E-state index contributed by atoms with van der Waals surface area (Å²) < 4.78 is 0. The third kappa shape index (κ3) is 6.09. The third-order valence-electron chi connectivity index (χ3n) is 5.01. The van der Waals surface area contributed by atoms with Gasteiger partial charge in [-0.1, -0.05) is 36.4 Å². The monoisotopic (exact) mass is 380 g/mol. The van der Waals surface area contributed by atoms with Gasteiger partial charge in [-0.05, 0) is 55.6 Å². The number of likely N-dealkylation sites (tertiary alicyclic amines) is 1. The molecule has 0 saturated carbocycles. The normalized spacial score (nSPS) is 15.0. The molecule has 1 saturated heterocycles. The Morgan fingerprint density at radius 3 is 2.32 bits per heavy atom. The summed E-state index contributed by atoms with van der Waals surface area (Å²) >= 11 is 0. The zero-order chi connectivity index (χ0) is 19.8. The van der Waals surface area contributed by atoms with Crippen molar-refractivity contribution in [2.24, 2.45) is 0 Å². The van der Waals surface area contributed by atoms with E-state index < -0.39 is 0 Å². The molecule has 0 aromatic heterocycles. The third-order valence-corrected chi connectivity index (χ3v) is 5.01. The van der Waals surface area contributed by atoms with Crippen molar-refractivity contribution in [3.8, 4) is 0 Å². The molecular formula is C22H28N4O2. The van der Waals surface area contributed by atoms with Gasteiger partial charge in [0.15, 0.2) is 0 Å². The number of benzene rings is 2. The molecule has 28 heavy (non-hydrogen) atoms. The maximum Gasteiger partial charge on any atom is 0.319 e. The molecule has 1 aliphatic heterocycles. The SMILES string of the molecule is CC(=O)Nc1cccc(NC(=O)NCCN2CCC(c3ccccc3)CC2)c1. The van der Waals surface area contributed by atoms with Gasteiger partial charge in [0.1, 0.15) is 0 Å². The highest BCUT2D eigenvalue weighted by molar-refractivity contribution is 5.92. The van der Waals surface area contributed by atoms with Crippen molar-refractivity contribution in [2.75, 3.05) is 36.8 Å². The van der Waals surface area contributed by atoms with E-state index in [0.29, 0.717) is 23.8 Å². The largest absolute Gasteiger partial charge is 0.337 e. The van der Waals surface area contributed by atoms with Crippen LogP contribution in [0.1, 0.15) is 31.2 Å². The van der Waals surface area contributed by atoms with Gasteiger partial charge in [0.25, 0.3) is 0 Å². The van der Waals surface area contributed by atoms with Gasteiger partial charge < -0.3 is 20.9 Å². The number of carbonyl (C=O) groups is 2. The van der Waals surface area contributed by atoms with Crippen molar-refractivity contribution >= 4 is 23.3 Å². The highest BCUT2D eigenvalue weighted by atomic mass is 16.2. The van der Waals surface area contributed by atoms with Crippen LogP contribution in [0, 0.1) is 0 Å². The van der Waals surface area contributed by atoms with E-state index in [0.717, 1.165) is 32.5 Å². The Hall–Kier alpha value is -2.86. The molecule has 0 unspecified atom stereocenters. The molecule has 0 aliphatic carbocycles. The van der Waals surface area contributed by atoms with Crippen molar-refractivity contribution in [2.45, 2.75) is 25.7 Å². The molecule has 0 bridgehead atoms. The second-order valence-electron chi connectivity index (χ2n) is 7.17. The number of carbonyl (C=O) groups excluding carboxylic acids is 2. The quantitative estimate of drug-likeness (QED) is 0.716. The first-order valence-electron chi connectivity index (χ1n) is 9.80. The van der Waals surface area contributed by atoms with E-state index in [-0.39, 0.29) is 11.9 Å². The Balaban J connectivity index is 1.36. The summed E-state index contributed by atoms with van der Waals surface area (Å²) in [6, 6.07) is 17.6. The Morgan fingerprint density at radius 2 is 1.64 bits per heavy atom. The zero-order valence-electron chi connectivity index (χ0n) is 16.3. The van der Waals surface area contributed by atoms with E-state index in [2.05, 4.69) is 51.2 Å². The smallest absolute Gasteiger partial charge is 0.319 e. The van der Waals surface area contributed by atoms with Crippen LogP contribution in [0.5, 0.6) is 0 Å². The molecule has 1 aliphatic rings. The number of urea groups is 1. The maximum atomic E-state index is 12.1.